The Hall–Kier alpha value is -3.22. The second-order valence-electron chi connectivity index (χ2n) is 8.13. The molecule has 32 heavy (non-hydrogen) atoms. The van der Waals surface area contributed by atoms with Crippen molar-refractivity contribution in [1.29, 1.82) is 0 Å². The number of aromatic amines is 2. The molecule has 1 atom stereocenters. The van der Waals surface area contributed by atoms with Crippen molar-refractivity contribution in [2.75, 3.05) is 31.1 Å². The number of nitrogens with one attached hydrogen (secondary N) is 3. The third kappa shape index (κ3) is 3.87. The molecule has 4 N–H and O–H groups in total. The summed E-state index contributed by atoms with van der Waals surface area (Å²) >= 11 is 6.63. The molecule has 7 heteroatoms. The summed E-state index contributed by atoms with van der Waals surface area (Å²) in [7, 11) is 0. The predicted molar refractivity (Wildman–Crippen MR) is 121 cm³/mol. The number of H-pyrrole nitrogens is 2. The van der Waals surface area contributed by atoms with Crippen LogP contribution in [0.25, 0.3) is 10.9 Å². The fourth-order valence-electron chi connectivity index (χ4n) is 4.67. The monoisotopic (exact) mass is 451 g/mol. The van der Waals surface area contributed by atoms with Gasteiger partial charge in [0.15, 0.2) is 18.1 Å². The Morgan fingerprint density at radius 1 is 0.969 bits per heavy atom. The summed E-state index contributed by atoms with van der Waals surface area (Å²) in [6, 6.07) is 18.2. The third-order valence-corrected chi connectivity index (χ3v) is 6.58. The SMILES string of the molecule is Oc1c(C(c2cccc[nH+]2)[NH+]2CCN(c3ccc(F)cc3)CC2)cc(Cl)c2ccc[nH+]c12. The summed E-state index contributed by atoms with van der Waals surface area (Å²) in [5.74, 6) is -0.00105. The first-order valence-electron chi connectivity index (χ1n) is 10.8. The molecular formula is C25H25ClFN4O+3. The summed E-state index contributed by atoms with van der Waals surface area (Å²) in [5, 5.41) is 12.6. The van der Waals surface area contributed by atoms with Gasteiger partial charge in [-0.2, -0.15) is 0 Å². The van der Waals surface area contributed by atoms with Gasteiger partial charge in [0, 0.05) is 23.9 Å². The minimum absolute atomic E-state index is 0.109. The van der Waals surface area contributed by atoms with Crippen LogP contribution in [-0.4, -0.2) is 31.3 Å². The smallest absolute Gasteiger partial charge is 0.255 e. The van der Waals surface area contributed by atoms with E-state index >= 15 is 0 Å². The number of rotatable bonds is 4. The van der Waals surface area contributed by atoms with Crippen molar-refractivity contribution < 1.29 is 24.4 Å². The Balaban J connectivity index is 1.50. The number of nitrogens with zero attached hydrogens (tertiary/aromatic N) is 1. The molecule has 0 radical (unpaired) electrons. The maximum Gasteiger partial charge on any atom is 0.255 e. The Kier molecular flexibility index (Phi) is 5.64. The van der Waals surface area contributed by atoms with Crippen LogP contribution in [0.15, 0.2) is 73.1 Å². The molecule has 2 aromatic heterocycles. The molecule has 3 heterocycles. The van der Waals surface area contributed by atoms with Crippen LogP contribution in [0.1, 0.15) is 17.3 Å². The number of piperazine rings is 1. The number of fused-ring (bicyclic) bond motifs is 1. The molecule has 2 aromatic carbocycles. The van der Waals surface area contributed by atoms with Crippen LogP contribution in [0.2, 0.25) is 5.02 Å². The van der Waals surface area contributed by atoms with Crippen LogP contribution in [-0.2, 0) is 0 Å². The largest absolute Gasteiger partial charge is 0.502 e. The Morgan fingerprint density at radius 2 is 1.72 bits per heavy atom. The summed E-state index contributed by atoms with van der Waals surface area (Å²) in [5.41, 5.74) is 3.47. The first-order chi connectivity index (χ1) is 15.6. The normalized spacial score (nSPS) is 15.8. The molecule has 1 saturated heterocycles. The highest BCUT2D eigenvalue weighted by Gasteiger charge is 2.37. The van der Waals surface area contributed by atoms with E-state index in [1.54, 1.807) is 6.20 Å². The third-order valence-electron chi connectivity index (χ3n) is 6.27. The molecule has 1 aliphatic rings. The van der Waals surface area contributed by atoms with Crippen molar-refractivity contribution in [2.24, 2.45) is 0 Å². The Bertz CT molecular complexity index is 1230. The van der Waals surface area contributed by atoms with Crippen LogP contribution in [0.3, 0.4) is 0 Å². The molecule has 0 saturated carbocycles. The summed E-state index contributed by atoms with van der Waals surface area (Å²) < 4.78 is 13.3. The number of quaternary nitrogens is 1. The molecule has 0 bridgehead atoms. The second kappa shape index (κ2) is 8.73. The van der Waals surface area contributed by atoms with Crippen LogP contribution in [0, 0.1) is 5.82 Å². The van der Waals surface area contributed by atoms with E-state index in [0.29, 0.717) is 10.5 Å². The lowest BCUT2D eigenvalue weighted by Gasteiger charge is -2.36. The van der Waals surface area contributed by atoms with Gasteiger partial charge in [0.05, 0.1) is 42.2 Å². The fourth-order valence-corrected chi connectivity index (χ4v) is 4.94. The number of benzene rings is 2. The topological polar surface area (TPSA) is 56.2 Å². The molecule has 5 rings (SSSR count). The Morgan fingerprint density at radius 3 is 2.44 bits per heavy atom. The van der Waals surface area contributed by atoms with E-state index in [-0.39, 0.29) is 17.6 Å². The van der Waals surface area contributed by atoms with E-state index in [4.69, 9.17) is 11.6 Å². The van der Waals surface area contributed by atoms with E-state index in [1.165, 1.54) is 17.0 Å². The number of phenols is 1. The number of pyridine rings is 2. The predicted octanol–water partition coefficient (Wildman–Crippen LogP) is 2.46. The maximum atomic E-state index is 13.3. The van der Waals surface area contributed by atoms with Crippen molar-refractivity contribution in [3.8, 4) is 5.75 Å². The number of halogens is 2. The van der Waals surface area contributed by atoms with Crippen molar-refractivity contribution >= 4 is 28.2 Å². The number of phenolic OH excluding ortho intramolecular Hbond substituents is 1. The van der Waals surface area contributed by atoms with Crippen LogP contribution in [0.5, 0.6) is 5.75 Å². The van der Waals surface area contributed by atoms with Crippen molar-refractivity contribution in [3.63, 3.8) is 0 Å². The van der Waals surface area contributed by atoms with Gasteiger partial charge in [0.2, 0.25) is 11.7 Å². The quantitative estimate of drug-likeness (QED) is 0.501. The summed E-state index contributed by atoms with van der Waals surface area (Å²) in [6.45, 7) is 3.38. The molecule has 0 spiro atoms. The zero-order chi connectivity index (χ0) is 22.1. The van der Waals surface area contributed by atoms with Gasteiger partial charge in [-0.15, -0.1) is 0 Å². The van der Waals surface area contributed by atoms with Gasteiger partial charge >= 0.3 is 0 Å². The van der Waals surface area contributed by atoms with Gasteiger partial charge in [0.1, 0.15) is 5.82 Å². The first kappa shape index (κ1) is 20.7. The van der Waals surface area contributed by atoms with E-state index < -0.39 is 0 Å². The summed E-state index contributed by atoms with van der Waals surface area (Å²) in [4.78, 5) is 10.1. The molecule has 0 aliphatic carbocycles. The van der Waals surface area contributed by atoms with Crippen molar-refractivity contribution in [1.82, 2.24) is 0 Å². The highest BCUT2D eigenvalue weighted by molar-refractivity contribution is 6.35. The molecule has 5 nitrogen and oxygen atoms in total. The van der Waals surface area contributed by atoms with Crippen molar-refractivity contribution in [2.45, 2.75) is 6.04 Å². The highest BCUT2D eigenvalue weighted by Crippen LogP contribution is 2.35. The van der Waals surface area contributed by atoms with E-state index in [2.05, 4.69) is 20.9 Å². The van der Waals surface area contributed by atoms with Gasteiger partial charge in [-0.05, 0) is 42.5 Å². The molecule has 162 valence electrons. The number of aromatic nitrogens is 2. The lowest BCUT2D eigenvalue weighted by atomic mass is 9.97. The molecule has 1 aliphatic heterocycles. The number of anilines is 1. The first-order valence-corrected chi connectivity index (χ1v) is 11.1. The molecular weight excluding hydrogens is 427 g/mol. The fraction of sp³-hybridized carbons (Fsp3) is 0.200. The molecule has 0 amide bonds. The maximum absolute atomic E-state index is 13.3. The van der Waals surface area contributed by atoms with Gasteiger partial charge < -0.3 is 14.9 Å². The summed E-state index contributed by atoms with van der Waals surface area (Å²) in [6.07, 6.45) is 3.70. The zero-order valence-electron chi connectivity index (χ0n) is 17.5. The van der Waals surface area contributed by atoms with E-state index in [1.807, 2.05) is 48.7 Å². The number of hydrogen-bond donors (Lipinski definition) is 2. The molecule has 1 unspecified atom stereocenters. The number of hydrogen-bond acceptors (Lipinski definition) is 2. The Labute approximate surface area is 190 Å². The number of aromatic hydroxyl groups is 1. The average Bonchev–Trinajstić information content (AvgIpc) is 2.84. The van der Waals surface area contributed by atoms with Crippen molar-refractivity contribution in [3.05, 3.63) is 95.2 Å². The van der Waals surface area contributed by atoms with Crippen LogP contribution < -0.4 is 19.8 Å². The lowest BCUT2D eigenvalue weighted by Crippen LogP contribution is -3.15. The highest BCUT2D eigenvalue weighted by atomic mass is 35.5. The van der Waals surface area contributed by atoms with Gasteiger partial charge in [-0.1, -0.05) is 11.6 Å². The van der Waals surface area contributed by atoms with E-state index in [9.17, 15) is 9.50 Å². The second-order valence-corrected chi connectivity index (χ2v) is 8.53. The van der Waals surface area contributed by atoms with Gasteiger partial charge in [0.25, 0.3) is 5.52 Å². The van der Waals surface area contributed by atoms with Gasteiger partial charge in [-0.3, -0.25) is 0 Å². The van der Waals surface area contributed by atoms with Crippen LogP contribution >= 0.6 is 11.6 Å². The van der Waals surface area contributed by atoms with Gasteiger partial charge in [-0.25, -0.2) is 14.4 Å². The minimum Gasteiger partial charge on any atom is -0.502 e. The minimum atomic E-state index is -0.224. The lowest BCUT2D eigenvalue weighted by molar-refractivity contribution is -0.930. The van der Waals surface area contributed by atoms with Crippen LogP contribution in [0.4, 0.5) is 10.1 Å². The average molecular weight is 452 g/mol. The zero-order valence-corrected chi connectivity index (χ0v) is 18.2. The molecule has 4 aromatic rings. The molecule has 1 fully saturated rings. The van der Waals surface area contributed by atoms with E-state index in [0.717, 1.165) is 48.5 Å². The standard InChI is InChI=1S/C25H22ClFN4O/c26-21-16-20(25(32)23-19(21)4-3-11-29-23)24(22-5-1-2-10-28-22)31-14-12-30(13-15-31)18-8-6-17(27)7-9-18/h1-11,16,24,32H,12-15H2/p+3.